The van der Waals surface area contributed by atoms with Crippen LogP contribution in [-0.4, -0.2) is 45.3 Å². The Bertz CT molecular complexity index is 1180. The number of ether oxygens (including phenoxy) is 1. The van der Waals surface area contributed by atoms with Gasteiger partial charge in [0.05, 0.1) is 23.5 Å². The molecule has 1 aromatic carbocycles. The van der Waals surface area contributed by atoms with Gasteiger partial charge in [-0.05, 0) is 49.7 Å². The maximum atomic E-state index is 13.8. The molecule has 2 aromatic rings. The number of ketones is 1. The van der Waals surface area contributed by atoms with Crippen molar-refractivity contribution in [1.82, 2.24) is 9.78 Å². The molecule has 202 valence electrons. The molecule has 1 unspecified atom stereocenters. The number of hydrogen-bond acceptors (Lipinski definition) is 8. The maximum absolute atomic E-state index is 13.8. The van der Waals surface area contributed by atoms with Crippen molar-refractivity contribution in [2.24, 2.45) is 16.9 Å². The van der Waals surface area contributed by atoms with Crippen molar-refractivity contribution in [3.05, 3.63) is 40.7 Å². The molecule has 1 saturated carbocycles. The molecule has 6 N–H and O–H groups in total. The largest absolute Gasteiger partial charge is 0.461 e. The predicted octanol–water partition coefficient (Wildman–Crippen LogP) is 3.22. The third-order valence-electron chi connectivity index (χ3n) is 6.91. The Morgan fingerprint density at radius 2 is 1.95 bits per heavy atom. The summed E-state index contributed by atoms with van der Waals surface area (Å²) >= 11 is 0. The van der Waals surface area contributed by atoms with Gasteiger partial charge < -0.3 is 26.6 Å². The quantitative estimate of drug-likeness (QED) is 0.334. The van der Waals surface area contributed by atoms with Crippen molar-refractivity contribution in [2.75, 3.05) is 11.9 Å². The number of nitrogens with zero attached hydrogens (tertiary/aromatic N) is 2. The third-order valence-corrected chi connectivity index (χ3v) is 6.91. The second-order valence-corrected chi connectivity index (χ2v) is 10.5. The normalized spacial score (nSPS) is 22.3. The van der Waals surface area contributed by atoms with Gasteiger partial charge in [0.1, 0.15) is 12.3 Å². The minimum Gasteiger partial charge on any atom is -0.461 e. The number of nitrogens with two attached hydrogens (primary N) is 2. The van der Waals surface area contributed by atoms with Crippen LogP contribution in [0.5, 0.6) is 0 Å². The molecule has 0 radical (unpaired) electrons. The van der Waals surface area contributed by atoms with E-state index in [9.17, 15) is 27.9 Å². The summed E-state index contributed by atoms with van der Waals surface area (Å²) in [5, 5.41) is 17.3. The van der Waals surface area contributed by atoms with Crippen LogP contribution in [0.2, 0.25) is 0 Å². The SMILES string of the molecule is CC1(C)CC(=O)c2c(C(F)(F)F)nn(-c3ccc(C(N)O)c(NC4CCC(OC(=O)CN)CC4)c3)c2C1. The smallest absolute Gasteiger partial charge is 0.435 e. The molecule has 0 spiro atoms. The van der Waals surface area contributed by atoms with E-state index >= 15 is 0 Å². The second-order valence-electron chi connectivity index (χ2n) is 10.5. The molecule has 0 saturated heterocycles. The molecular weight excluding hydrogens is 491 g/mol. The molecule has 1 heterocycles. The highest BCUT2D eigenvalue weighted by Crippen LogP contribution is 2.42. The van der Waals surface area contributed by atoms with Crippen LogP contribution in [-0.2, 0) is 22.1 Å². The fourth-order valence-electron chi connectivity index (χ4n) is 5.20. The first-order valence-corrected chi connectivity index (χ1v) is 12.3. The molecule has 0 bridgehead atoms. The minimum absolute atomic E-state index is 0.00312. The van der Waals surface area contributed by atoms with E-state index in [0.717, 1.165) is 0 Å². The standard InChI is InChI=1S/C25H32F3N5O4/c1-24(2)10-18-21(19(34)11-24)22(25(26,27)28)32-33(18)14-5-8-16(23(30)36)17(9-14)31-13-3-6-15(7-4-13)37-20(35)12-29/h5,8-9,13,15,23,31,36H,3-4,6-7,10-12,29-30H2,1-2H3. The topological polar surface area (TPSA) is 145 Å². The molecule has 37 heavy (non-hydrogen) atoms. The summed E-state index contributed by atoms with van der Waals surface area (Å²) in [6.45, 7) is 3.49. The van der Waals surface area contributed by atoms with Crippen molar-refractivity contribution in [2.45, 2.75) is 76.9 Å². The summed E-state index contributed by atoms with van der Waals surface area (Å²) < 4.78 is 48.0. The van der Waals surface area contributed by atoms with Crippen LogP contribution < -0.4 is 16.8 Å². The number of benzene rings is 1. The van der Waals surface area contributed by atoms with Gasteiger partial charge in [-0.2, -0.15) is 18.3 Å². The van der Waals surface area contributed by atoms with Gasteiger partial charge in [-0.25, -0.2) is 4.68 Å². The van der Waals surface area contributed by atoms with Gasteiger partial charge in [0.2, 0.25) is 0 Å². The van der Waals surface area contributed by atoms with Gasteiger partial charge in [-0.15, -0.1) is 0 Å². The van der Waals surface area contributed by atoms with E-state index in [2.05, 4.69) is 10.4 Å². The van der Waals surface area contributed by atoms with Crippen LogP contribution >= 0.6 is 0 Å². The molecule has 12 heteroatoms. The number of esters is 1. The number of anilines is 1. The van der Waals surface area contributed by atoms with E-state index in [1.165, 1.54) is 16.8 Å². The number of alkyl halides is 3. The number of aliphatic hydroxyl groups excluding tert-OH is 1. The molecule has 2 aliphatic carbocycles. The van der Waals surface area contributed by atoms with Gasteiger partial charge in [0.25, 0.3) is 0 Å². The highest BCUT2D eigenvalue weighted by molar-refractivity contribution is 6.00. The molecule has 4 rings (SSSR count). The molecule has 0 amide bonds. The van der Waals surface area contributed by atoms with Crippen molar-refractivity contribution < 1.29 is 32.6 Å². The van der Waals surface area contributed by atoms with Gasteiger partial charge in [0, 0.05) is 23.7 Å². The predicted molar refractivity (Wildman–Crippen MR) is 129 cm³/mol. The van der Waals surface area contributed by atoms with E-state index in [-0.39, 0.29) is 42.8 Å². The van der Waals surface area contributed by atoms with Crippen LogP contribution in [0.25, 0.3) is 5.69 Å². The van der Waals surface area contributed by atoms with Crippen LogP contribution in [0.15, 0.2) is 18.2 Å². The molecular formula is C25H32F3N5O4. The molecule has 0 aliphatic heterocycles. The number of halogens is 3. The summed E-state index contributed by atoms with van der Waals surface area (Å²) in [4.78, 5) is 24.2. The summed E-state index contributed by atoms with van der Waals surface area (Å²) in [6.07, 6.45) is -3.54. The zero-order valence-electron chi connectivity index (χ0n) is 20.8. The number of hydrogen-bond donors (Lipinski definition) is 4. The summed E-state index contributed by atoms with van der Waals surface area (Å²) in [7, 11) is 0. The first-order chi connectivity index (χ1) is 17.3. The number of carbonyl (C=O) groups is 2. The highest BCUT2D eigenvalue weighted by atomic mass is 19.4. The van der Waals surface area contributed by atoms with Crippen LogP contribution in [0.1, 0.15) is 79.5 Å². The van der Waals surface area contributed by atoms with Crippen LogP contribution in [0, 0.1) is 5.41 Å². The first-order valence-electron chi connectivity index (χ1n) is 12.3. The summed E-state index contributed by atoms with van der Waals surface area (Å²) in [5.74, 6) is -1.04. The number of aliphatic hydroxyl groups is 1. The Balaban J connectivity index is 1.67. The number of nitrogens with one attached hydrogen (secondary N) is 1. The molecule has 9 nitrogen and oxygen atoms in total. The average Bonchev–Trinajstić information content (AvgIpc) is 3.19. The van der Waals surface area contributed by atoms with Crippen LogP contribution in [0.4, 0.5) is 18.9 Å². The molecule has 1 fully saturated rings. The number of aromatic nitrogens is 2. The van der Waals surface area contributed by atoms with E-state index in [1.807, 2.05) is 13.8 Å². The summed E-state index contributed by atoms with van der Waals surface area (Å²) in [5.41, 5.74) is 10.3. The lowest BCUT2D eigenvalue weighted by atomic mass is 9.75. The first kappa shape index (κ1) is 27.1. The Morgan fingerprint density at radius 3 is 2.54 bits per heavy atom. The Hall–Kier alpha value is -2.96. The number of Topliss-reactive ketones (excluding diaryl/α,β-unsaturated/α-hetero) is 1. The van der Waals surface area contributed by atoms with Gasteiger partial charge in [-0.1, -0.05) is 19.9 Å². The van der Waals surface area contributed by atoms with Crippen LogP contribution in [0.3, 0.4) is 0 Å². The lowest BCUT2D eigenvalue weighted by Gasteiger charge is -2.31. The zero-order chi connectivity index (χ0) is 27.1. The van der Waals surface area contributed by atoms with Crippen molar-refractivity contribution in [3.8, 4) is 5.69 Å². The number of rotatable bonds is 6. The maximum Gasteiger partial charge on any atom is 0.435 e. The second kappa shape index (κ2) is 10.1. The summed E-state index contributed by atoms with van der Waals surface area (Å²) in [6, 6.07) is 4.61. The highest BCUT2D eigenvalue weighted by Gasteiger charge is 2.45. The van der Waals surface area contributed by atoms with Crippen molar-refractivity contribution in [1.29, 1.82) is 0 Å². The fraction of sp³-hybridized carbons (Fsp3) is 0.560. The van der Waals surface area contributed by atoms with Gasteiger partial charge in [0.15, 0.2) is 11.5 Å². The van der Waals surface area contributed by atoms with Gasteiger partial charge >= 0.3 is 12.1 Å². The number of fused-ring (bicyclic) bond motifs is 1. The monoisotopic (exact) mass is 523 g/mol. The third kappa shape index (κ3) is 5.81. The zero-order valence-corrected chi connectivity index (χ0v) is 20.8. The van der Waals surface area contributed by atoms with Gasteiger partial charge in [-0.3, -0.25) is 9.59 Å². The average molecular weight is 524 g/mol. The Morgan fingerprint density at radius 1 is 1.27 bits per heavy atom. The molecule has 1 atom stereocenters. The Kier molecular flexibility index (Phi) is 7.37. The minimum atomic E-state index is -4.78. The van der Waals surface area contributed by atoms with E-state index < -0.39 is 35.3 Å². The fourth-order valence-corrected chi connectivity index (χ4v) is 5.20. The molecule has 1 aromatic heterocycles. The van der Waals surface area contributed by atoms with E-state index in [1.54, 1.807) is 6.07 Å². The Labute approximate surface area is 212 Å². The molecule has 2 aliphatic rings. The number of carbonyl (C=O) groups excluding carboxylic acids is 2. The van der Waals surface area contributed by atoms with Crippen molar-refractivity contribution in [3.63, 3.8) is 0 Å². The van der Waals surface area contributed by atoms with E-state index in [4.69, 9.17) is 16.2 Å². The lowest BCUT2D eigenvalue weighted by Crippen LogP contribution is -2.33. The van der Waals surface area contributed by atoms with E-state index in [0.29, 0.717) is 42.6 Å². The lowest BCUT2D eigenvalue weighted by molar-refractivity contribution is -0.148. The van der Waals surface area contributed by atoms with Crippen molar-refractivity contribution >= 4 is 17.4 Å².